The molecule has 3 saturated heterocycles. The lowest BCUT2D eigenvalue weighted by atomic mass is 9.81. The van der Waals surface area contributed by atoms with E-state index < -0.39 is 29.7 Å². The second kappa shape index (κ2) is 11.7. The molecular formula is C35H37N5O7. The largest absolute Gasteiger partial charge is 0.496 e. The van der Waals surface area contributed by atoms with Crippen molar-refractivity contribution >= 4 is 29.3 Å². The van der Waals surface area contributed by atoms with E-state index >= 15 is 0 Å². The van der Waals surface area contributed by atoms with Gasteiger partial charge in [-0.1, -0.05) is 0 Å². The van der Waals surface area contributed by atoms with Crippen molar-refractivity contribution in [2.24, 2.45) is 13.0 Å². The van der Waals surface area contributed by atoms with E-state index in [0.717, 1.165) is 64.8 Å². The first-order valence-corrected chi connectivity index (χ1v) is 15.8. The molecule has 12 heteroatoms. The van der Waals surface area contributed by atoms with E-state index in [1.54, 1.807) is 38.0 Å². The van der Waals surface area contributed by atoms with Crippen LogP contribution in [0.3, 0.4) is 0 Å². The predicted octanol–water partition coefficient (Wildman–Crippen LogP) is 2.49. The Labute approximate surface area is 271 Å². The number of carbonyl (C=O) groups excluding carboxylic acids is 4. The number of aromatic nitrogens is 1. The molecule has 1 N–H and O–H groups in total. The number of benzene rings is 2. The number of piperidine rings is 2. The van der Waals surface area contributed by atoms with Gasteiger partial charge in [0.15, 0.2) is 0 Å². The van der Waals surface area contributed by atoms with Crippen LogP contribution in [0.1, 0.15) is 51.1 Å². The average molecular weight is 640 g/mol. The van der Waals surface area contributed by atoms with Crippen molar-refractivity contribution in [3.05, 3.63) is 75.2 Å². The molecule has 0 aliphatic carbocycles. The van der Waals surface area contributed by atoms with Crippen molar-refractivity contribution in [2.45, 2.75) is 44.8 Å². The highest BCUT2D eigenvalue weighted by Crippen LogP contribution is 2.41. The third-order valence-electron chi connectivity index (χ3n) is 10.0. The Balaban J connectivity index is 1.04. The van der Waals surface area contributed by atoms with E-state index in [-0.39, 0.29) is 24.0 Å². The summed E-state index contributed by atoms with van der Waals surface area (Å²) in [5, 5.41) is 2.24. The first kappa shape index (κ1) is 30.7. The van der Waals surface area contributed by atoms with Gasteiger partial charge < -0.3 is 18.9 Å². The van der Waals surface area contributed by atoms with Gasteiger partial charge in [0, 0.05) is 69.1 Å². The van der Waals surface area contributed by atoms with Crippen molar-refractivity contribution in [1.29, 1.82) is 0 Å². The summed E-state index contributed by atoms with van der Waals surface area (Å²) < 4.78 is 13.3. The molecule has 5 heterocycles. The predicted molar refractivity (Wildman–Crippen MR) is 173 cm³/mol. The number of rotatable bonds is 7. The number of imide groups is 2. The first-order valence-electron chi connectivity index (χ1n) is 15.8. The molecule has 7 rings (SSSR count). The number of likely N-dealkylation sites (tertiary alicyclic amines) is 1. The van der Waals surface area contributed by atoms with Gasteiger partial charge >= 0.3 is 0 Å². The molecule has 0 saturated carbocycles. The molecule has 4 aliphatic rings. The van der Waals surface area contributed by atoms with Crippen LogP contribution in [-0.2, 0) is 23.2 Å². The van der Waals surface area contributed by atoms with Crippen LogP contribution in [0.15, 0.2) is 47.4 Å². The fourth-order valence-electron chi connectivity index (χ4n) is 7.58. The van der Waals surface area contributed by atoms with Crippen LogP contribution in [0.4, 0.5) is 5.69 Å². The quantitative estimate of drug-likeness (QED) is 0.388. The highest BCUT2D eigenvalue weighted by atomic mass is 16.5. The zero-order valence-electron chi connectivity index (χ0n) is 26.9. The number of hydrogen-bond donors (Lipinski definition) is 1. The number of pyridine rings is 1. The molecule has 0 bridgehead atoms. The van der Waals surface area contributed by atoms with Gasteiger partial charge in [-0.3, -0.25) is 39.1 Å². The van der Waals surface area contributed by atoms with Crippen molar-refractivity contribution in [3.8, 4) is 22.6 Å². The van der Waals surface area contributed by atoms with Crippen LogP contribution in [-0.4, -0.2) is 83.9 Å². The Morgan fingerprint density at radius 3 is 2.26 bits per heavy atom. The smallest absolute Gasteiger partial charge is 0.262 e. The molecule has 3 aromatic rings. The Bertz CT molecular complexity index is 1850. The number of fused-ring (bicyclic) bond motifs is 2. The van der Waals surface area contributed by atoms with Crippen molar-refractivity contribution in [2.75, 3.05) is 38.8 Å². The summed E-state index contributed by atoms with van der Waals surface area (Å²) >= 11 is 0. The second-order valence-electron chi connectivity index (χ2n) is 12.9. The molecule has 12 nitrogen and oxygen atoms in total. The number of hydrogen-bond acceptors (Lipinski definition) is 9. The fourth-order valence-corrected chi connectivity index (χ4v) is 7.58. The van der Waals surface area contributed by atoms with Crippen LogP contribution < -0.4 is 25.2 Å². The minimum absolute atomic E-state index is 0.0292. The van der Waals surface area contributed by atoms with Gasteiger partial charge in [0.25, 0.3) is 17.4 Å². The summed E-state index contributed by atoms with van der Waals surface area (Å²) in [6.07, 6.45) is 2.97. The van der Waals surface area contributed by atoms with Gasteiger partial charge in [-0.15, -0.1) is 0 Å². The summed E-state index contributed by atoms with van der Waals surface area (Å²) in [6.45, 7) is 5.03. The van der Waals surface area contributed by atoms with Crippen molar-refractivity contribution < 1.29 is 28.7 Å². The van der Waals surface area contributed by atoms with E-state index in [4.69, 9.17) is 9.47 Å². The van der Waals surface area contributed by atoms with Crippen molar-refractivity contribution in [1.82, 2.24) is 19.7 Å². The molecule has 47 heavy (non-hydrogen) atoms. The van der Waals surface area contributed by atoms with E-state index in [2.05, 4.69) is 15.1 Å². The van der Waals surface area contributed by atoms with Gasteiger partial charge in [-0.05, 0) is 67.3 Å². The average Bonchev–Trinajstić information content (AvgIpc) is 3.29. The second-order valence-corrected chi connectivity index (χ2v) is 12.9. The maximum absolute atomic E-state index is 13.3. The monoisotopic (exact) mass is 639 g/mol. The molecule has 4 amide bonds. The van der Waals surface area contributed by atoms with Gasteiger partial charge in [0.05, 0.1) is 30.9 Å². The zero-order valence-corrected chi connectivity index (χ0v) is 26.9. The van der Waals surface area contributed by atoms with Gasteiger partial charge in [0.2, 0.25) is 11.8 Å². The van der Waals surface area contributed by atoms with Gasteiger partial charge in [-0.25, -0.2) is 0 Å². The number of methoxy groups -OCH3 is 2. The molecular weight excluding hydrogens is 602 g/mol. The van der Waals surface area contributed by atoms with Gasteiger partial charge in [-0.2, -0.15) is 0 Å². The summed E-state index contributed by atoms with van der Waals surface area (Å²) in [6, 6.07) is 10.5. The third kappa shape index (κ3) is 5.16. The summed E-state index contributed by atoms with van der Waals surface area (Å²) in [5.41, 5.74) is 4.89. The van der Waals surface area contributed by atoms with Crippen molar-refractivity contribution in [3.63, 3.8) is 0 Å². The minimum Gasteiger partial charge on any atom is -0.496 e. The minimum atomic E-state index is -0.979. The highest BCUT2D eigenvalue weighted by molar-refractivity contribution is 6.23. The van der Waals surface area contributed by atoms with Crippen LogP contribution in [0.2, 0.25) is 0 Å². The molecule has 2 aromatic carbocycles. The van der Waals surface area contributed by atoms with E-state index in [9.17, 15) is 24.0 Å². The highest BCUT2D eigenvalue weighted by Gasteiger charge is 2.46. The summed E-state index contributed by atoms with van der Waals surface area (Å²) in [5.74, 6) is -0.109. The summed E-state index contributed by atoms with van der Waals surface area (Å²) in [4.78, 5) is 68.4. The number of carbonyl (C=O) groups is 4. The van der Waals surface area contributed by atoms with Crippen LogP contribution in [0.5, 0.6) is 11.5 Å². The fraction of sp³-hybridized carbons (Fsp3) is 0.400. The van der Waals surface area contributed by atoms with Gasteiger partial charge in [0.1, 0.15) is 17.5 Å². The SMILES string of the molecule is COc1cc(-c2cc(C)c(=O)n(C)c2)cc(OC)c1CN1CCC2C(C1)CN2c1ccc2c(c1)C(=O)N(C1CCC(=O)NC1=O)C2=O. The normalized spacial score (nSPS) is 22.5. The number of nitrogens with one attached hydrogen (secondary N) is 1. The number of anilines is 1. The molecule has 3 unspecified atom stereocenters. The number of nitrogens with zero attached hydrogens (tertiary/aromatic N) is 4. The molecule has 3 atom stereocenters. The third-order valence-corrected chi connectivity index (χ3v) is 10.0. The molecule has 3 fully saturated rings. The molecule has 0 spiro atoms. The Morgan fingerprint density at radius 1 is 0.872 bits per heavy atom. The molecule has 0 radical (unpaired) electrons. The Kier molecular flexibility index (Phi) is 7.62. The van der Waals surface area contributed by atoms with E-state index in [1.165, 1.54) is 0 Å². The number of ether oxygens (including phenoxy) is 2. The van der Waals surface area contributed by atoms with Crippen LogP contribution >= 0.6 is 0 Å². The van der Waals surface area contributed by atoms with Crippen LogP contribution in [0.25, 0.3) is 11.1 Å². The van der Waals surface area contributed by atoms with E-state index in [1.807, 2.05) is 37.4 Å². The van der Waals surface area contributed by atoms with Crippen LogP contribution in [0, 0.1) is 12.8 Å². The topological polar surface area (TPSA) is 130 Å². The Morgan fingerprint density at radius 2 is 1.60 bits per heavy atom. The summed E-state index contributed by atoms with van der Waals surface area (Å²) in [7, 11) is 5.06. The number of amides is 4. The standard InChI is InChI=1S/C35H37N5O7/c1-19-11-21(15-37(2)33(19)43)20-12-29(46-3)26(30(13-20)47-4)18-38-10-9-27-22(16-38)17-39(27)23-5-6-24-25(14-23)35(45)40(34(24)44)28-7-8-31(41)36-32(28)42/h5-6,11-15,22,27-28H,7-10,16-18H2,1-4H3,(H,36,41,42). The lowest BCUT2D eigenvalue weighted by Gasteiger charge is -2.54. The lowest BCUT2D eigenvalue weighted by molar-refractivity contribution is -0.136. The Hall–Kier alpha value is -4.97. The lowest BCUT2D eigenvalue weighted by Crippen LogP contribution is -2.63. The molecule has 244 valence electrons. The first-order chi connectivity index (χ1) is 22.6. The molecule has 4 aliphatic heterocycles. The zero-order chi connectivity index (χ0) is 33.1. The van der Waals surface area contributed by atoms with E-state index in [0.29, 0.717) is 29.6 Å². The molecule has 1 aromatic heterocycles. The maximum Gasteiger partial charge on any atom is 0.262 e. The maximum atomic E-state index is 13.3. The number of aryl methyl sites for hydroxylation is 2.